The van der Waals surface area contributed by atoms with Crippen LogP contribution >= 0.6 is 0 Å². The van der Waals surface area contributed by atoms with Gasteiger partial charge in [-0.25, -0.2) is 8.78 Å². The first-order chi connectivity index (χ1) is 12.9. The molecule has 0 aromatic heterocycles. The molecule has 1 aromatic carbocycles. The average Bonchev–Trinajstić information content (AvgIpc) is 3.47. The SMILES string of the molecule is CC(=O)c1ccccc1NC(=O)/C(C=N)=C1/NC(C(F)F)=CC(=C2CC2)N1. The summed E-state index contributed by atoms with van der Waals surface area (Å²) in [5.41, 5.74) is 1.62. The van der Waals surface area contributed by atoms with Crippen LogP contribution in [0.3, 0.4) is 0 Å². The van der Waals surface area contributed by atoms with E-state index in [1.807, 2.05) is 0 Å². The number of carbonyl (C=O) groups excluding carboxylic acids is 2. The predicted molar refractivity (Wildman–Crippen MR) is 97.5 cm³/mol. The lowest BCUT2D eigenvalue weighted by atomic mass is 10.1. The molecule has 1 saturated carbocycles. The van der Waals surface area contributed by atoms with Crippen molar-refractivity contribution in [3.05, 3.63) is 64.3 Å². The minimum Gasteiger partial charge on any atom is -0.341 e. The molecule has 0 bridgehead atoms. The van der Waals surface area contributed by atoms with Crippen molar-refractivity contribution in [3.63, 3.8) is 0 Å². The van der Waals surface area contributed by atoms with Crippen LogP contribution in [0.25, 0.3) is 0 Å². The molecule has 1 amide bonds. The molecular formula is C19H18F2N4O2. The van der Waals surface area contributed by atoms with Gasteiger partial charge in [-0.1, -0.05) is 12.1 Å². The van der Waals surface area contributed by atoms with Gasteiger partial charge in [-0.2, -0.15) is 0 Å². The smallest absolute Gasteiger partial charge is 0.278 e. The number of rotatable bonds is 5. The lowest BCUT2D eigenvalue weighted by molar-refractivity contribution is -0.112. The molecule has 6 nitrogen and oxygen atoms in total. The molecule has 0 atom stereocenters. The van der Waals surface area contributed by atoms with Gasteiger partial charge in [-0.15, -0.1) is 0 Å². The van der Waals surface area contributed by atoms with Crippen molar-refractivity contribution < 1.29 is 18.4 Å². The van der Waals surface area contributed by atoms with Crippen LogP contribution in [0.5, 0.6) is 0 Å². The van der Waals surface area contributed by atoms with Gasteiger partial charge in [0.1, 0.15) is 5.82 Å². The summed E-state index contributed by atoms with van der Waals surface area (Å²) in [7, 11) is 0. The van der Waals surface area contributed by atoms with Crippen molar-refractivity contribution in [3.8, 4) is 0 Å². The second-order valence-electron chi connectivity index (χ2n) is 6.16. The monoisotopic (exact) mass is 372 g/mol. The Labute approximate surface area is 154 Å². The number of hydrogen-bond donors (Lipinski definition) is 4. The van der Waals surface area contributed by atoms with E-state index in [0.29, 0.717) is 11.3 Å². The van der Waals surface area contributed by atoms with Crippen LogP contribution in [0.4, 0.5) is 14.5 Å². The number of allylic oxidation sites excluding steroid dienone is 3. The number of alkyl halides is 2. The quantitative estimate of drug-likeness (QED) is 0.363. The second-order valence-corrected chi connectivity index (χ2v) is 6.16. The molecule has 2 aliphatic rings. The molecule has 1 heterocycles. The molecule has 140 valence electrons. The van der Waals surface area contributed by atoms with Crippen LogP contribution in [-0.2, 0) is 4.79 Å². The Morgan fingerprint density at radius 3 is 2.52 bits per heavy atom. The van der Waals surface area contributed by atoms with Gasteiger partial charge in [-0.05, 0) is 43.5 Å². The second kappa shape index (κ2) is 7.53. The van der Waals surface area contributed by atoms with Crippen molar-refractivity contribution in [2.24, 2.45) is 0 Å². The van der Waals surface area contributed by atoms with Crippen LogP contribution in [-0.4, -0.2) is 24.3 Å². The van der Waals surface area contributed by atoms with Crippen LogP contribution in [0.2, 0.25) is 0 Å². The van der Waals surface area contributed by atoms with E-state index in [2.05, 4.69) is 16.0 Å². The van der Waals surface area contributed by atoms with Gasteiger partial charge in [0.2, 0.25) is 0 Å². The van der Waals surface area contributed by atoms with Crippen molar-refractivity contribution in [2.45, 2.75) is 26.2 Å². The highest BCUT2D eigenvalue weighted by Gasteiger charge is 2.27. The molecule has 27 heavy (non-hydrogen) atoms. The fourth-order valence-electron chi connectivity index (χ4n) is 2.65. The normalized spacial score (nSPS) is 17.6. The number of nitrogens with one attached hydrogen (secondary N) is 4. The number of halogens is 2. The molecule has 0 radical (unpaired) electrons. The van der Waals surface area contributed by atoms with Crippen molar-refractivity contribution in [1.82, 2.24) is 10.6 Å². The Kier molecular flexibility index (Phi) is 5.16. The number of anilines is 1. The van der Waals surface area contributed by atoms with Crippen molar-refractivity contribution >= 4 is 23.6 Å². The number of hydrogen-bond acceptors (Lipinski definition) is 5. The minimum atomic E-state index is -2.75. The summed E-state index contributed by atoms with van der Waals surface area (Å²) in [5.74, 6) is -0.910. The number of Topliss-reactive ketones (excluding diaryl/α,β-unsaturated/α-hetero) is 1. The highest BCUT2D eigenvalue weighted by atomic mass is 19.3. The first-order valence-corrected chi connectivity index (χ1v) is 8.32. The van der Waals surface area contributed by atoms with Crippen LogP contribution < -0.4 is 16.0 Å². The van der Waals surface area contributed by atoms with E-state index in [4.69, 9.17) is 5.41 Å². The third-order valence-corrected chi connectivity index (χ3v) is 4.16. The molecule has 1 fully saturated rings. The molecule has 1 aliphatic carbocycles. The van der Waals surface area contributed by atoms with Crippen molar-refractivity contribution in [2.75, 3.05) is 5.32 Å². The molecule has 3 rings (SSSR count). The van der Waals surface area contributed by atoms with Gasteiger partial charge in [-0.3, -0.25) is 9.59 Å². The van der Waals surface area contributed by atoms with Gasteiger partial charge < -0.3 is 21.4 Å². The summed E-state index contributed by atoms with van der Waals surface area (Å²) in [6, 6.07) is 6.45. The Morgan fingerprint density at radius 2 is 1.93 bits per heavy atom. The summed E-state index contributed by atoms with van der Waals surface area (Å²) < 4.78 is 26.4. The van der Waals surface area contributed by atoms with E-state index in [1.165, 1.54) is 13.0 Å². The van der Waals surface area contributed by atoms with Gasteiger partial charge >= 0.3 is 0 Å². The van der Waals surface area contributed by atoms with Gasteiger partial charge in [0.25, 0.3) is 12.3 Å². The summed E-state index contributed by atoms with van der Waals surface area (Å²) in [6.07, 6.45) is 0.970. The fraction of sp³-hybridized carbons (Fsp3) is 0.211. The van der Waals surface area contributed by atoms with Crippen LogP contribution in [0, 0.1) is 5.41 Å². The zero-order valence-electron chi connectivity index (χ0n) is 14.5. The number of benzene rings is 1. The Morgan fingerprint density at radius 1 is 1.22 bits per heavy atom. The predicted octanol–water partition coefficient (Wildman–Crippen LogP) is 3.08. The van der Waals surface area contributed by atoms with Gasteiger partial charge in [0.05, 0.1) is 17.0 Å². The summed E-state index contributed by atoms with van der Waals surface area (Å²) in [6.45, 7) is 1.37. The average molecular weight is 372 g/mol. The van der Waals surface area contributed by atoms with E-state index in [1.54, 1.807) is 24.3 Å². The third kappa shape index (κ3) is 4.11. The molecule has 0 spiro atoms. The highest BCUT2D eigenvalue weighted by molar-refractivity contribution is 6.19. The molecule has 0 saturated heterocycles. The number of carbonyl (C=O) groups is 2. The van der Waals surface area contributed by atoms with Crippen LogP contribution in [0.1, 0.15) is 30.1 Å². The maximum atomic E-state index is 13.2. The lowest BCUT2D eigenvalue weighted by Gasteiger charge is -2.24. The van der Waals surface area contributed by atoms with E-state index >= 15 is 0 Å². The Hall–Kier alpha value is -3.29. The van der Waals surface area contributed by atoms with E-state index < -0.39 is 12.3 Å². The fourth-order valence-corrected chi connectivity index (χ4v) is 2.65. The van der Waals surface area contributed by atoms with Crippen LogP contribution in [0.15, 0.2) is 58.7 Å². The zero-order valence-corrected chi connectivity index (χ0v) is 14.5. The first kappa shape index (κ1) is 18.5. The minimum absolute atomic E-state index is 0.00926. The summed E-state index contributed by atoms with van der Waals surface area (Å²) in [4.78, 5) is 24.4. The molecule has 8 heteroatoms. The highest BCUT2D eigenvalue weighted by Crippen LogP contribution is 2.33. The van der Waals surface area contributed by atoms with Gasteiger partial charge in [0, 0.05) is 17.5 Å². The number of ketones is 1. The standard InChI is InChI=1S/C19H18F2N4O2/c1-10(26)12-4-2-3-5-14(12)25-19(27)13(9-22)18-23-15(11-6-7-11)8-16(24-18)17(20)21/h2-5,8-9,17,22-24H,6-7H2,1H3,(H,25,27)/b18-13+,22-9?. The summed E-state index contributed by atoms with van der Waals surface area (Å²) in [5, 5.41) is 15.6. The van der Waals surface area contributed by atoms with E-state index in [-0.39, 0.29) is 28.6 Å². The maximum Gasteiger partial charge on any atom is 0.278 e. The Balaban J connectivity index is 1.93. The molecule has 4 N–H and O–H groups in total. The largest absolute Gasteiger partial charge is 0.341 e. The number of amides is 1. The van der Waals surface area contributed by atoms with Gasteiger partial charge in [0.15, 0.2) is 5.78 Å². The van der Waals surface area contributed by atoms with E-state index in [0.717, 1.165) is 24.6 Å². The first-order valence-electron chi connectivity index (χ1n) is 8.32. The molecular weight excluding hydrogens is 354 g/mol. The lowest BCUT2D eigenvalue weighted by Crippen LogP contribution is -2.36. The molecule has 1 aromatic rings. The zero-order chi connectivity index (χ0) is 19.6. The molecule has 0 unspecified atom stereocenters. The van der Waals surface area contributed by atoms with E-state index in [9.17, 15) is 18.4 Å². The third-order valence-electron chi connectivity index (χ3n) is 4.16. The summed E-state index contributed by atoms with van der Waals surface area (Å²) >= 11 is 0. The van der Waals surface area contributed by atoms with Crippen molar-refractivity contribution in [1.29, 1.82) is 5.41 Å². The number of para-hydroxylation sites is 1. The Bertz CT molecular complexity index is 910. The molecule has 1 aliphatic heterocycles. The maximum absolute atomic E-state index is 13.2. The topological polar surface area (TPSA) is 94.1 Å².